The number of esters is 1. The van der Waals surface area contributed by atoms with Crippen LogP contribution in [0.4, 0.5) is 11.4 Å². The van der Waals surface area contributed by atoms with E-state index in [1.54, 1.807) is 12.1 Å². The highest BCUT2D eigenvalue weighted by molar-refractivity contribution is 5.91. The fraction of sp³-hybridized carbons (Fsp3) is 0.125. The minimum Gasteiger partial charge on any atom is -0.465 e. The lowest BCUT2D eigenvalue weighted by Gasteiger charge is -2.05. The number of hydrazine groups is 1. The molecule has 0 spiro atoms. The van der Waals surface area contributed by atoms with Gasteiger partial charge in [0, 0.05) is 0 Å². The van der Waals surface area contributed by atoms with Crippen molar-refractivity contribution in [3.8, 4) is 0 Å². The molecule has 0 aromatic heterocycles. The van der Waals surface area contributed by atoms with Crippen LogP contribution in [0.25, 0.3) is 0 Å². The molecule has 5 nitrogen and oxygen atoms in total. The Bertz CT molecular complexity index is 325. The van der Waals surface area contributed by atoms with Crippen molar-refractivity contribution < 1.29 is 9.53 Å². The maximum Gasteiger partial charge on any atom is 0.337 e. The van der Waals surface area contributed by atoms with Gasteiger partial charge in [-0.2, -0.15) is 0 Å². The van der Waals surface area contributed by atoms with Gasteiger partial charge in [-0.05, 0) is 18.2 Å². The summed E-state index contributed by atoms with van der Waals surface area (Å²) in [5.41, 5.74) is 9.36. The number of carbonyl (C=O) groups excluding carboxylic acids is 1. The molecule has 0 amide bonds. The third-order valence-electron chi connectivity index (χ3n) is 1.63. The maximum atomic E-state index is 11.0. The minimum absolute atomic E-state index is 0.402. The summed E-state index contributed by atoms with van der Waals surface area (Å²) in [5.74, 6) is 4.74. The van der Waals surface area contributed by atoms with Crippen molar-refractivity contribution in [2.45, 2.75) is 0 Å². The molecule has 0 saturated carbocycles. The predicted octanol–water partition coefficient (Wildman–Crippen LogP) is 0.341. The van der Waals surface area contributed by atoms with Crippen LogP contribution in [0.2, 0.25) is 0 Å². The zero-order valence-corrected chi connectivity index (χ0v) is 7.20. The quantitative estimate of drug-likeness (QED) is 0.265. The second-order valence-corrected chi connectivity index (χ2v) is 2.44. The normalized spacial score (nSPS) is 9.38. The highest BCUT2D eigenvalue weighted by atomic mass is 16.5. The molecule has 0 aliphatic heterocycles. The smallest absolute Gasteiger partial charge is 0.337 e. The number of methoxy groups -OCH3 is 1. The van der Waals surface area contributed by atoms with E-state index < -0.39 is 5.97 Å². The van der Waals surface area contributed by atoms with E-state index in [1.165, 1.54) is 13.2 Å². The SMILES string of the molecule is COC(=O)c1ccc(NN)c(N)c1. The first kappa shape index (κ1) is 9.34. The van der Waals surface area contributed by atoms with E-state index in [-0.39, 0.29) is 0 Å². The highest BCUT2D eigenvalue weighted by Gasteiger charge is 2.06. The number of hydrogen-bond acceptors (Lipinski definition) is 5. The Morgan fingerprint density at radius 2 is 2.23 bits per heavy atom. The van der Waals surface area contributed by atoms with Gasteiger partial charge in [0.1, 0.15) is 0 Å². The topological polar surface area (TPSA) is 90.4 Å². The number of nitrogen functional groups attached to an aromatic ring is 2. The number of rotatable bonds is 2. The van der Waals surface area contributed by atoms with Gasteiger partial charge in [-0.1, -0.05) is 0 Å². The molecule has 0 bridgehead atoms. The van der Waals surface area contributed by atoms with Crippen molar-refractivity contribution in [3.05, 3.63) is 23.8 Å². The van der Waals surface area contributed by atoms with Gasteiger partial charge in [0.05, 0.1) is 24.0 Å². The van der Waals surface area contributed by atoms with E-state index in [4.69, 9.17) is 11.6 Å². The van der Waals surface area contributed by atoms with Crippen molar-refractivity contribution in [1.29, 1.82) is 0 Å². The summed E-state index contributed by atoms with van der Waals surface area (Å²) in [6, 6.07) is 4.69. The van der Waals surface area contributed by atoms with Crippen LogP contribution in [0.1, 0.15) is 10.4 Å². The number of nitrogens with two attached hydrogens (primary N) is 2. The van der Waals surface area contributed by atoms with Gasteiger partial charge in [0.2, 0.25) is 0 Å². The van der Waals surface area contributed by atoms with Gasteiger partial charge >= 0.3 is 5.97 Å². The van der Waals surface area contributed by atoms with Gasteiger partial charge in [-0.25, -0.2) is 4.79 Å². The molecule has 0 fully saturated rings. The van der Waals surface area contributed by atoms with E-state index in [2.05, 4.69) is 10.2 Å². The molecule has 1 aromatic carbocycles. The van der Waals surface area contributed by atoms with Crippen molar-refractivity contribution in [2.75, 3.05) is 18.3 Å². The summed E-state index contributed by atoms with van der Waals surface area (Å²) >= 11 is 0. The molecule has 0 aliphatic rings. The van der Waals surface area contributed by atoms with Crippen LogP contribution in [0, 0.1) is 0 Å². The Balaban J connectivity index is 3.02. The predicted molar refractivity (Wildman–Crippen MR) is 50.0 cm³/mol. The number of anilines is 2. The molecule has 0 unspecified atom stereocenters. The summed E-state index contributed by atoms with van der Waals surface area (Å²) < 4.78 is 4.52. The number of hydrogen-bond donors (Lipinski definition) is 3. The lowest BCUT2D eigenvalue weighted by Crippen LogP contribution is -2.10. The summed E-state index contributed by atoms with van der Waals surface area (Å²) in [6.45, 7) is 0. The Kier molecular flexibility index (Phi) is 2.71. The van der Waals surface area contributed by atoms with E-state index in [1.807, 2.05) is 0 Å². The number of carbonyl (C=O) groups is 1. The molecule has 0 atom stereocenters. The van der Waals surface area contributed by atoms with Crippen LogP contribution in [-0.2, 0) is 4.74 Å². The summed E-state index contributed by atoms with van der Waals surface area (Å²) in [5, 5.41) is 0. The lowest BCUT2D eigenvalue weighted by molar-refractivity contribution is 0.0601. The number of benzene rings is 1. The van der Waals surface area contributed by atoms with E-state index >= 15 is 0 Å². The molecule has 1 rings (SSSR count). The fourth-order valence-electron chi connectivity index (χ4n) is 0.939. The van der Waals surface area contributed by atoms with Crippen molar-refractivity contribution in [3.63, 3.8) is 0 Å². The van der Waals surface area contributed by atoms with Crippen LogP contribution in [0.5, 0.6) is 0 Å². The van der Waals surface area contributed by atoms with Crippen molar-refractivity contribution in [1.82, 2.24) is 0 Å². The van der Waals surface area contributed by atoms with Gasteiger partial charge in [-0.3, -0.25) is 5.84 Å². The largest absolute Gasteiger partial charge is 0.465 e. The molecular weight excluding hydrogens is 170 g/mol. The number of ether oxygens (including phenoxy) is 1. The van der Waals surface area contributed by atoms with Crippen LogP contribution < -0.4 is 17.0 Å². The van der Waals surface area contributed by atoms with Crippen LogP contribution >= 0.6 is 0 Å². The summed E-state index contributed by atoms with van der Waals surface area (Å²) in [6.07, 6.45) is 0. The Morgan fingerprint density at radius 3 is 2.69 bits per heavy atom. The van der Waals surface area contributed by atoms with E-state index in [9.17, 15) is 4.79 Å². The number of nitrogens with one attached hydrogen (secondary N) is 1. The Labute approximate surface area is 75.6 Å². The minimum atomic E-state index is -0.421. The summed E-state index contributed by atoms with van der Waals surface area (Å²) in [4.78, 5) is 11.0. The first-order chi connectivity index (χ1) is 6.19. The average molecular weight is 181 g/mol. The molecule has 1 aromatic rings. The van der Waals surface area contributed by atoms with Crippen molar-refractivity contribution in [2.24, 2.45) is 5.84 Å². The standard InChI is InChI=1S/C8H11N3O2/c1-13-8(12)5-2-3-7(11-10)6(9)4-5/h2-4,11H,9-10H2,1H3. The fourth-order valence-corrected chi connectivity index (χ4v) is 0.939. The Hall–Kier alpha value is -1.75. The molecule has 0 aliphatic carbocycles. The molecule has 0 radical (unpaired) electrons. The third-order valence-corrected chi connectivity index (χ3v) is 1.63. The first-order valence-electron chi connectivity index (χ1n) is 3.63. The Morgan fingerprint density at radius 1 is 1.54 bits per heavy atom. The monoisotopic (exact) mass is 181 g/mol. The van der Waals surface area contributed by atoms with Gasteiger partial charge in [0.15, 0.2) is 0 Å². The second kappa shape index (κ2) is 3.77. The van der Waals surface area contributed by atoms with Crippen molar-refractivity contribution >= 4 is 17.3 Å². The zero-order valence-electron chi connectivity index (χ0n) is 7.20. The molecule has 5 heteroatoms. The van der Waals surface area contributed by atoms with Crippen LogP contribution in [0.3, 0.4) is 0 Å². The van der Waals surface area contributed by atoms with E-state index in [0.29, 0.717) is 16.9 Å². The molecule has 0 heterocycles. The lowest BCUT2D eigenvalue weighted by atomic mass is 10.2. The molecular formula is C8H11N3O2. The first-order valence-corrected chi connectivity index (χ1v) is 3.63. The zero-order chi connectivity index (χ0) is 9.84. The summed E-state index contributed by atoms with van der Waals surface area (Å²) in [7, 11) is 1.31. The van der Waals surface area contributed by atoms with Gasteiger partial charge < -0.3 is 15.9 Å². The highest BCUT2D eigenvalue weighted by Crippen LogP contribution is 2.18. The van der Waals surface area contributed by atoms with Crippen LogP contribution in [0.15, 0.2) is 18.2 Å². The maximum absolute atomic E-state index is 11.0. The van der Waals surface area contributed by atoms with E-state index in [0.717, 1.165) is 0 Å². The molecule has 5 N–H and O–H groups in total. The second-order valence-electron chi connectivity index (χ2n) is 2.44. The third kappa shape index (κ3) is 1.88. The van der Waals surface area contributed by atoms with Crippen LogP contribution in [-0.4, -0.2) is 13.1 Å². The van der Waals surface area contributed by atoms with Gasteiger partial charge in [-0.15, -0.1) is 0 Å². The molecule has 0 saturated heterocycles. The molecule has 13 heavy (non-hydrogen) atoms. The molecule has 70 valence electrons. The van der Waals surface area contributed by atoms with Gasteiger partial charge in [0.25, 0.3) is 0 Å². The average Bonchev–Trinajstić information content (AvgIpc) is 2.16.